The lowest BCUT2D eigenvalue weighted by Crippen LogP contribution is -2.26. The maximum atomic E-state index is 12.6. The number of benzene rings is 2. The number of amides is 2. The van der Waals surface area contributed by atoms with Crippen molar-refractivity contribution in [3.8, 4) is 0 Å². The van der Waals surface area contributed by atoms with E-state index in [-0.39, 0.29) is 12.3 Å². The Morgan fingerprint density at radius 2 is 1.74 bits per heavy atom. The molecule has 160 valence electrons. The predicted molar refractivity (Wildman–Crippen MR) is 121 cm³/mol. The molecule has 6 nitrogen and oxygen atoms in total. The summed E-state index contributed by atoms with van der Waals surface area (Å²) in [5.41, 5.74) is 2.83. The molecule has 31 heavy (non-hydrogen) atoms. The van der Waals surface area contributed by atoms with E-state index in [1.165, 1.54) is 0 Å². The molecule has 2 amide bonds. The fourth-order valence-corrected chi connectivity index (χ4v) is 3.57. The van der Waals surface area contributed by atoms with Crippen LogP contribution < -0.4 is 10.6 Å². The Hall–Kier alpha value is -3.45. The maximum Gasteiger partial charge on any atom is 0.306 e. The average Bonchev–Trinajstić information content (AvgIpc) is 3.30. The first kappa shape index (κ1) is 22.2. The van der Waals surface area contributed by atoms with E-state index < -0.39 is 18.5 Å². The lowest BCUT2D eigenvalue weighted by Gasteiger charge is -2.12. The molecule has 0 unspecified atom stereocenters. The highest BCUT2D eigenvalue weighted by Crippen LogP contribution is 2.16. The normalized spacial score (nSPS) is 10.4. The molecule has 3 rings (SSSR count). The highest BCUT2D eigenvalue weighted by Gasteiger charge is 2.14. The van der Waals surface area contributed by atoms with Gasteiger partial charge < -0.3 is 15.4 Å². The fraction of sp³-hybridized carbons (Fsp3) is 0.208. The van der Waals surface area contributed by atoms with Gasteiger partial charge >= 0.3 is 5.97 Å². The van der Waals surface area contributed by atoms with Crippen LogP contribution in [0.25, 0.3) is 0 Å². The van der Waals surface area contributed by atoms with Crippen LogP contribution in [0.4, 0.5) is 5.69 Å². The summed E-state index contributed by atoms with van der Waals surface area (Å²) in [5.74, 6) is -1.24. The zero-order valence-corrected chi connectivity index (χ0v) is 18.0. The maximum absolute atomic E-state index is 12.6. The first-order chi connectivity index (χ1) is 15.0. The topological polar surface area (TPSA) is 84.5 Å². The van der Waals surface area contributed by atoms with Crippen molar-refractivity contribution in [2.45, 2.75) is 26.3 Å². The molecule has 0 saturated carbocycles. The SMILES string of the molecule is Cc1ccc(CNC(=O)c2ccccc2NC(=O)COC(=O)CCc2cccs2)cc1. The van der Waals surface area contributed by atoms with Gasteiger partial charge in [-0.05, 0) is 42.5 Å². The van der Waals surface area contributed by atoms with Crippen LogP contribution >= 0.6 is 11.3 Å². The monoisotopic (exact) mass is 436 g/mol. The first-order valence-corrected chi connectivity index (χ1v) is 10.8. The Bertz CT molecular complexity index is 1030. The van der Waals surface area contributed by atoms with Crippen molar-refractivity contribution in [2.75, 3.05) is 11.9 Å². The van der Waals surface area contributed by atoms with Crippen LogP contribution in [0.1, 0.15) is 32.8 Å². The Labute approximate surface area is 185 Å². The number of anilines is 1. The Morgan fingerprint density at radius 1 is 0.968 bits per heavy atom. The van der Waals surface area contributed by atoms with Crippen LogP contribution in [0, 0.1) is 6.92 Å². The van der Waals surface area contributed by atoms with E-state index >= 15 is 0 Å². The van der Waals surface area contributed by atoms with Gasteiger partial charge in [0.1, 0.15) is 0 Å². The third kappa shape index (κ3) is 7.08. The van der Waals surface area contributed by atoms with Gasteiger partial charge in [0.15, 0.2) is 6.61 Å². The zero-order chi connectivity index (χ0) is 22.1. The second kappa shape index (κ2) is 11.1. The van der Waals surface area contributed by atoms with E-state index in [1.807, 2.05) is 48.7 Å². The van der Waals surface area contributed by atoms with Crippen molar-refractivity contribution in [3.63, 3.8) is 0 Å². The van der Waals surface area contributed by atoms with Gasteiger partial charge in [0.25, 0.3) is 11.8 Å². The summed E-state index contributed by atoms with van der Waals surface area (Å²) in [5, 5.41) is 7.45. The smallest absolute Gasteiger partial charge is 0.306 e. The minimum Gasteiger partial charge on any atom is -0.456 e. The number of hydrogen-bond donors (Lipinski definition) is 2. The van der Waals surface area contributed by atoms with Crippen molar-refractivity contribution >= 4 is 34.8 Å². The number of thiophene rings is 1. The summed E-state index contributed by atoms with van der Waals surface area (Å²) in [7, 11) is 0. The summed E-state index contributed by atoms with van der Waals surface area (Å²) in [4.78, 5) is 37.8. The van der Waals surface area contributed by atoms with Crippen LogP contribution in [-0.4, -0.2) is 24.4 Å². The number of nitrogens with one attached hydrogen (secondary N) is 2. The van der Waals surface area contributed by atoms with Gasteiger partial charge in [0, 0.05) is 11.4 Å². The van der Waals surface area contributed by atoms with Crippen LogP contribution in [0.3, 0.4) is 0 Å². The number of hydrogen-bond acceptors (Lipinski definition) is 5. The molecule has 0 aliphatic heterocycles. The van der Waals surface area contributed by atoms with Crippen molar-refractivity contribution in [1.82, 2.24) is 5.32 Å². The molecule has 0 radical (unpaired) electrons. The highest BCUT2D eigenvalue weighted by molar-refractivity contribution is 7.09. The lowest BCUT2D eigenvalue weighted by molar-refractivity contribution is -0.147. The molecular weight excluding hydrogens is 412 g/mol. The second-order valence-corrected chi connectivity index (χ2v) is 8.03. The van der Waals surface area contributed by atoms with Crippen LogP contribution in [0.15, 0.2) is 66.0 Å². The van der Waals surface area contributed by atoms with Gasteiger partial charge in [-0.1, -0.05) is 48.0 Å². The van der Waals surface area contributed by atoms with E-state index in [2.05, 4.69) is 10.6 Å². The van der Waals surface area contributed by atoms with E-state index in [0.717, 1.165) is 16.0 Å². The predicted octanol–water partition coefficient (Wildman–Crippen LogP) is 4.10. The summed E-state index contributed by atoms with van der Waals surface area (Å²) >= 11 is 1.57. The van der Waals surface area contributed by atoms with Crippen LogP contribution in [-0.2, 0) is 27.3 Å². The van der Waals surface area contributed by atoms with Crippen molar-refractivity contribution in [1.29, 1.82) is 0 Å². The summed E-state index contributed by atoms with van der Waals surface area (Å²) in [6.07, 6.45) is 0.800. The van der Waals surface area contributed by atoms with Crippen molar-refractivity contribution < 1.29 is 19.1 Å². The van der Waals surface area contributed by atoms with Gasteiger partial charge in [0.2, 0.25) is 0 Å². The molecule has 0 spiro atoms. The summed E-state index contributed by atoms with van der Waals surface area (Å²) in [6.45, 7) is 1.98. The number of carbonyl (C=O) groups is 3. The first-order valence-electron chi connectivity index (χ1n) is 9.92. The molecule has 3 aromatic rings. The second-order valence-electron chi connectivity index (χ2n) is 7.00. The number of para-hydroxylation sites is 1. The molecule has 1 heterocycles. The van der Waals surface area contributed by atoms with E-state index in [9.17, 15) is 14.4 Å². The molecule has 0 bridgehead atoms. The fourth-order valence-electron chi connectivity index (χ4n) is 2.86. The average molecular weight is 437 g/mol. The van der Waals surface area contributed by atoms with Gasteiger partial charge in [-0.15, -0.1) is 11.3 Å². The van der Waals surface area contributed by atoms with E-state index in [0.29, 0.717) is 24.2 Å². The molecular formula is C24H24N2O4S. The van der Waals surface area contributed by atoms with E-state index in [4.69, 9.17) is 4.74 Å². The van der Waals surface area contributed by atoms with Gasteiger partial charge in [0.05, 0.1) is 17.7 Å². The van der Waals surface area contributed by atoms with E-state index in [1.54, 1.807) is 35.6 Å². The number of ether oxygens (including phenoxy) is 1. The van der Waals surface area contributed by atoms with Gasteiger partial charge in [-0.3, -0.25) is 14.4 Å². The number of carbonyl (C=O) groups excluding carboxylic acids is 3. The molecule has 0 aliphatic rings. The molecule has 0 fully saturated rings. The molecule has 0 atom stereocenters. The van der Waals surface area contributed by atoms with Crippen molar-refractivity contribution in [3.05, 3.63) is 87.6 Å². The molecule has 2 N–H and O–H groups in total. The standard InChI is InChI=1S/C24H24N2O4S/c1-17-8-10-18(11-9-17)15-25-24(29)20-6-2-3-7-21(20)26-22(27)16-30-23(28)13-12-19-5-4-14-31-19/h2-11,14H,12-13,15-16H2,1H3,(H,25,29)(H,26,27). The number of aryl methyl sites for hydroxylation is 2. The Kier molecular flexibility index (Phi) is 7.95. The summed E-state index contributed by atoms with van der Waals surface area (Å²) < 4.78 is 5.04. The number of esters is 1. The zero-order valence-electron chi connectivity index (χ0n) is 17.2. The molecule has 0 saturated heterocycles. The largest absolute Gasteiger partial charge is 0.456 e. The molecule has 2 aromatic carbocycles. The van der Waals surface area contributed by atoms with Gasteiger partial charge in [-0.2, -0.15) is 0 Å². The number of rotatable bonds is 9. The summed E-state index contributed by atoms with van der Waals surface area (Å²) in [6, 6.07) is 18.5. The molecule has 1 aromatic heterocycles. The van der Waals surface area contributed by atoms with Crippen molar-refractivity contribution in [2.24, 2.45) is 0 Å². The Morgan fingerprint density at radius 3 is 2.48 bits per heavy atom. The van der Waals surface area contributed by atoms with Gasteiger partial charge in [-0.25, -0.2) is 0 Å². The highest BCUT2D eigenvalue weighted by atomic mass is 32.1. The minimum absolute atomic E-state index is 0.214. The van der Waals surface area contributed by atoms with Crippen LogP contribution in [0.2, 0.25) is 0 Å². The molecule has 7 heteroatoms. The Balaban J connectivity index is 1.49. The van der Waals surface area contributed by atoms with Crippen LogP contribution in [0.5, 0.6) is 0 Å². The quantitative estimate of drug-likeness (QED) is 0.495. The lowest BCUT2D eigenvalue weighted by atomic mass is 10.1. The minimum atomic E-state index is -0.497. The third-order valence-corrected chi connectivity index (χ3v) is 5.48. The molecule has 0 aliphatic carbocycles. The third-order valence-electron chi connectivity index (χ3n) is 4.54.